The molecule has 0 amide bonds. The molecule has 0 N–H and O–H groups in total. The van der Waals surface area contributed by atoms with E-state index in [4.69, 9.17) is 0 Å². The lowest BCUT2D eigenvalue weighted by molar-refractivity contribution is 0.161. The maximum absolute atomic E-state index is 2.74. The fourth-order valence-corrected chi connectivity index (χ4v) is 10.3. The van der Waals surface area contributed by atoms with Crippen LogP contribution in [-0.4, -0.2) is 24.0 Å². The molecule has 3 aliphatic rings. The number of hydrogen-bond donors (Lipinski definition) is 0. The van der Waals surface area contributed by atoms with Crippen LogP contribution >= 0.6 is 0 Å². The Morgan fingerprint density at radius 1 is 0.975 bits per heavy atom. The van der Waals surface area contributed by atoms with E-state index < -0.39 is 0 Å². The molecule has 0 spiro atoms. The minimum atomic E-state index is 0.360. The van der Waals surface area contributed by atoms with Crippen LogP contribution in [0.4, 0.5) is 0 Å². The molecule has 0 radical (unpaired) electrons. The van der Waals surface area contributed by atoms with Gasteiger partial charge >= 0.3 is 0 Å². The van der Waals surface area contributed by atoms with Gasteiger partial charge in [-0.1, -0.05) is 124 Å². The van der Waals surface area contributed by atoms with Gasteiger partial charge in [-0.25, -0.2) is 0 Å². The molecule has 2 aliphatic carbocycles. The molecular formula is C39H71N. The van der Waals surface area contributed by atoms with E-state index in [1.807, 2.05) is 5.57 Å². The Bertz CT molecular complexity index is 838. The standard InChI is InChI=1S/C39H71N/c1-13-20-33(14-2)36-22-19-17-16-18-21-35(26(4)23-24-27(36)5)28(6)29(7)38-31(9)39(38,11)25-37-30(8)34(15-3)32(10)40(37)12/h19,22,26-30,32-37H,13-18,20-21,23-25H2,1-12H3/b22-19-. The fraction of sp³-hybridized carbons (Fsp3) is 0.897. The van der Waals surface area contributed by atoms with E-state index in [0.717, 1.165) is 59.4 Å². The fourth-order valence-electron chi connectivity index (χ4n) is 10.3. The van der Waals surface area contributed by atoms with Crippen molar-refractivity contribution in [3.05, 3.63) is 23.3 Å². The van der Waals surface area contributed by atoms with Gasteiger partial charge in [0.25, 0.3) is 0 Å². The number of hydrogen-bond acceptors (Lipinski definition) is 1. The lowest BCUT2D eigenvalue weighted by Gasteiger charge is -2.36. The average Bonchev–Trinajstić information content (AvgIpc) is 3.40. The zero-order valence-electron chi connectivity index (χ0n) is 29.2. The summed E-state index contributed by atoms with van der Waals surface area (Å²) in [5, 5.41) is 0. The molecule has 0 saturated carbocycles. The molecular weight excluding hydrogens is 482 g/mol. The third kappa shape index (κ3) is 7.14. The van der Waals surface area contributed by atoms with Crippen molar-refractivity contribution >= 4 is 0 Å². The highest BCUT2D eigenvalue weighted by molar-refractivity contribution is 5.48. The lowest BCUT2D eigenvalue weighted by atomic mass is 9.69. The number of likely N-dealkylation sites (tertiary alicyclic amines) is 1. The van der Waals surface area contributed by atoms with Crippen molar-refractivity contribution in [1.82, 2.24) is 4.90 Å². The van der Waals surface area contributed by atoms with Crippen LogP contribution in [0.2, 0.25) is 0 Å². The Kier molecular flexibility index (Phi) is 12.5. The summed E-state index contributed by atoms with van der Waals surface area (Å²) in [6, 6.07) is 1.44. The van der Waals surface area contributed by atoms with Crippen molar-refractivity contribution in [2.75, 3.05) is 7.05 Å². The summed E-state index contributed by atoms with van der Waals surface area (Å²) in [5.74, 6) is 7.26. The summed E-state index contributed by atoms with van der Waals surface area (Å²) >= 11 is 0. The van der Waals surface area contributed by atoms with Gasteiger partial charge in [0.2, 0.25) is 0 Å². The second kappa shape index (κ2) is 14.8. The first-order valence-corrected chi connectivity index (χ1v) is 18.0. The summed E-state index contributed by atoms with van der Waals surface area (Å²) in [6.07, 6.45) is 20.2. The van der Waals surface area contributed by atoms with E-state index in [1.165, 1.54) is 70.6 Å². The number of rotatable bonds is 10. The van der Waals surface area contributed by atoms with E-state index >= 15 is 0 Å². The molecule has 0 bridgehead atoms. The maximum Gasteiger partial charge on any atom is 0.0135 e. The van der Waals surface area contributed by atoms with E-state index in [9.17, 15) is 0 Å². The van der Waals surface area contributed by atoms with Crippen molar-refractivity contribution in [3.63, 3.8) is 0 Å². The molecule has 40 heavy (non-hydrogen) atoms. The van der Waals surface area contributed by atoms with Gasteiger partial charge in [-0.2, -0.15) is 0 Å². The molecule has 1 heterocycles. The molecule has 1 heteroatoms. The van der Waals surface area contributed by atoms with Crippen LogP contribution in [0, 0.1) is 58.7 Å². The largest absolute Gasteiger partial charge is 0.300 e. The predicted molar refractivity (Wildman–Crippen MR) is 179 cm³/mol. The average molecular weight is 554 g/mol. The van der Waals surface area contributed by atoms with Crippen LogP contribution in [0.25, 0.3) is 0 Å². The van der Waals surface area contributed by atoms with Crippen molar-refractivity contribution < 1.29 is 0 Å². The van der Waals surface area contributed by atoms with Crippen LogP contribution in [0.5, 0.6) is 0 Å². The molecule has 1 aliphatic heterocycles. The van der Waals surface area contributed by atoms with Gasteiger partial charge in [0.15, 0.2) is 0 Å². The Hall–Kier alpha value is -0.560. The van der Waals surface area contributed by atoms with Gasteiger partial charge in [-0.3, -0.25) is 0 Å². The Morgan fingerprint density at radius 2 is 1.65 bits per heavy atom. The molecule has 1 saturated heterocycles. The second-order valence-electron chi connectivity index (χ2n) is 15.6. The summed E-state index contributed by atoms with van der Waals surface area (Å²) < 4.78 is 0. The van der Waals surface area contributed by atoms with E-state index in [2.05, 4.69) is 100 Å². The third-order valence-corrected chi connectivity index (χ3v) is 13.5. The van der Waals surface area contributed by atoms with Gasteiger partial charge in [-0.05, 0) is 106 Å². The topological polar surface area (TPSA) is 3.24 Å². The maximum atomic E-state index is 2.74. The van der Waals surface area contributed by atoms with Crippen LogP contribution in [0.15, 0.2) is 23.3 Å². The minimum absolute atomic E-state index is 0.360. The Balaban J connectivity index is 1.69. The highest BCUT2D eigenvalue weighted by Gasteiger charge is 2.54. The van der Waals surface area contributed by atoms with Gasteiger partial charge in [0.1, 0.15) is 0 Å². The minimum Gasteiger partial charge on any atom is -0.300 e. The first-order valence-electron chi connectivity index (χ1n) is 18.0. The Morgan fingerprint density at radius 3 is 2.25 bits per heavy atom. The smallest absolute Gasteiger partial charge is 0.0135 e. The van der Waals surface area contributed by atoms with Crippen LogP contribution < -0.4 is 0 Å². The first-order chi connectivity index (χ1) is 18.9. The molecule has 3 rings (SSSR count). The highest BCUT2D eigenvalue weighted by atomic mass is 15.2. The molecule has 0 aromatic heterocycles. The summed E-state index contributed by atoms with van der Waals surface area (Å²) in [6.45, 7) is 27.7. The van der Waals surface area contributed by atoms with Gasteiger partial charge in [0, 0.05) is 17.5 Å². The molecule has 232 valence electrons. The zero-order valence-corrected chi connectivity index (χ0v) is 29.2. The summed E-state index contributed by atoms with van der Waals surface area (Å²) in [5.41, 5.74) is 3.94. The van der Waals surface area contributed by atoms with E-state index in [1.54, 1.807) is 5.57 Å². The van der Waals surface area contributed by atoms with Crippen molar-refractivity contribution in [3.8, 4) is 0 Å². The van der Waals surface area contributed by atoms with E-state index in [0.29, 0.717) is 11.3 Å². The van der Waals surface area contributed by atoms with Crippen molar-refractivity contribution in [2.24, 2.45) is 58.7 Å². The highest BCUT2D eigenvalue weighted by Crippen LogP contribution is 2.62. The normalized spacial score (nSPS) is 41.2. The van der Waals surface area contributed by atoms with Crippen LogP contribution in [0.3, 0.4) is 0 Å². The third-order valence-electron chi connectivity index (χ3n) is 13.5. The quantitative estimate of drug-likeness (QED) is 0.243. The number of allylic oxidation sites excluding steroid dienone is 4. The van der Waals surface area contributed by atoms with E-state index in [-0.39, 0.29) is 0 Å². The van der Waals surface area contributed by atoms with Gasteiger partial charge in [-0.15, -0.1) is 0 Å². The van der Waals surface area contributed by atoms with Crippen LogP contribution in [0.1, 0.15) is 147 Å². The summed E-state index contributed by atoms with van der Waals surface area (Å²) in [7, 11) is 2.41. The van der Waals surface area contributed by atoms with Gasteiger partial charge in [0.05, 0.1) is 0 Å². The predicted octanol–water partition coefficient (Wildman–Crippen LogP) is 11.6. The van der Waals surface area contributed by atoms with Crippen LogP contribution in [-0.2, 0) is 0 Å². The van der Waals surface area contributed by atoms with Crippen molar-refractivity contribution in [1.29, 1.82) is 0 Å². The summed E-state index contributed by atoms with van der Waals surface area (Å²) in [4.78, 5) is 2.74. The Labute approximate surface area is 252 Å². The van der Waals surface area contributed by atoms with Gasteiger partial charge < -0.3 is 4.90 Å². The second-order valence-corrected chi connectivity index (χ2v) is 15.6. The lowest BCUT2D eigenvalue weighted by Crippen LogP contribution is -2.35. The molecule has 1 fully saturated rings. The zero-order chi connectivity index (χ0) is 29.8. The molecule has 0 aromatic carbocycles. The SMILES string of the molecule is CCCC(CC)C1/C=C\CCCCC(C(C)C(C)C2=C(C)C2(C)CC2C(C)C(CC)C(C)N2C)C(C)CCC1C. The van der Waals surface area contributed by atoms with Crippen molar-refractivity contribution in [2.45, 2.75) is 159 Å². The number of nitrogens with zero attached hydrogens (tertiary/aromatic N) is 1. The molecule has 12 atom stereocenters. The molecule has 1 nitrogen and oxygen atoms in total. The monoisotopic (exact) mass is 554 g/mol. The molecule has 12 unspecified atom stereocenters. The molecule has 0 aromatic rings. The first kappa shape index (κ1) is 33.9.